The quantitative estimate of drug-likeness (QED) is 0.186. The first kappa shape index (κ1) is 17.4. The van der Waals surface area contributed by atoms with Crippen LogP contribution in [0.4, 0.5) is 0 Å². The van der Waals surface area contributed by atoms with Crippen molar-refractivity contribution in [1.82, 2.24) is 5.32 Å². The van der Waals surface area contributed by atoms with Gasteiger partial charge in [-0.3, -0.25) is 9.79 Å². The molecule has 7 N–H and O–H groups in total. The molecule has 0 spiro atoms. The van der Waals surface area contributed by atoms with Crippen LogP contribution in [0.25, 0.3) is 0 Å². The Morgan fingerprint density at radius 2 is 2.00 bits per heavy atom. The van der Waals surface area contributed by atoms with Gasteiger partial charge in [0.25, 0.3) is 0 Å². The predicted molar refractivity (Wildman–Crippen MR) is 75.3 cm³/mol. The Labute approximate surface area is 114 Å². The van der Waals surface area contributed by atoms with E-state index in [1.54, 1.807) is 0 Å². The Bertz CT molecular complexity index is 313. The molecule has 2 unspecified atom stereocenters. The van der Waals surface area contributed by atoms with Crippen molar-refractivity contribution in [2.24, 2.45) is 28.1 Å². The predicted octanol–water partition coefficient (Wildman–Crippen LogP) is -0.903. The average Bonchev–Trinajstić information content (AvgIpc) is 2.31. The Hall–Kier alpha value is -1.63. The van der Waals surface area contributed by atoms with Crippen LogP contribution in [-0.2, 0) is 9.59 Å². The fraction of sp³-hybridized carbons (Fsp3) is 0.750. The summed E-state index contributed by atoms with van der Waals surface area (Å²) in [7, 11) is 0. The number of rotatable bonds is 9. The van der Waals surface area contributed by atoms with E-state index in [9.17, 15) is 9.59 Å². The molecular formula is C12H25N5O2. The van der Waals surface area contributed by atoms with Gasteiger partial charge in [-0.25, -0.2) is 0 Å². The maximum Gasteiger partial charge on any atom is 0.237 e. The number of nitrogens with two attached hydrogens (primary N) is 3. The van der Waals surface area contributed by atoms with Crippen LogP contribution in [-0.4, -0.2) is 36.8 Å². The molecule has 0 aliphatic carbocycles. The minimum Gasteiger partial charge on any atom is -0.370 e. The lowest BCUT2D eigenvalue weighted by Gasteiger charge is -2.17. The van der Waals surface area contributed by atoms with Gasteiger partial charge in [0.2, 0.25) is 5.91 Å². The molecule has 0 aliphatic rings. The summed E-state index contributed by atoms with van der Waals surface area (Å²) in [4.78, 5) is 26.4. The minimum atomic E-state index is -0.583. The van der Waals surface area contributed by atoms with Crippen LogP contribution in [0.3, 0.4) is 0 Å². The van der Waals surface area contributed by atoms with Gasteiger partial charge in [-0.15, -0.1) is 0 Å². The highest BCUT2D eigenvalue weighted by Gasteiger charge is 2.18. The second-order valence-corrected chi connectivity index (χ2v) is 4.94. The molecule has 0 bridgehead atoms. The van der Waals surface area contributed by atoms with Gasteiger partial charge in [-0.1, -0.05) is 13.8 Å². The Morgan fingerprint density at radius 1 is 1.37 bits per heavy atom. The van der Waals surface area contributed by atoms with Gasteiger partial charge in [0, 0.05) is 6.54 Å². The molecule has 0 rings (SSSR count). The number of hydrogen-bond donors (Lipinski definition) is 4. The monoisotopic (exact) mass is 271 g/mol. The van der Waals surface area contributed by atoms with E-state index < -0.39 is 12.1 Å². The molecule has 19 heavy (non-hydrogen) atoms. The maximum absolute atomic E-state index is 11.7. The van der Waals surface area contributed by atoms with Crippen molar-refractivity contribution in [2.75, 3.05) is 6.54 Å². The fourth-order valence-electron chi connectivity index (χ4n) is 1.60. The van der Waals surface area contributed by atoms with E-state index in [-0.39, 0.29) is 11.9 Å². The number of hydrogen-bond acceptors (Lipinski definition) is 4. The highest BCUT2D eigenvalue weighted by molar-refractivity contribution is 5.84. The van der Waals surface area contributed by atoms with Crippen LogP contribution >= 0.6 is 0 Å². The van der Waals surface area contributed by atoms with E-state index in [2.05, 4.69) is 10.3 Å². The van der Waals surface area contributed by atoms with Crippen molar-refractivity contribution >= 4 is 18.2 Å². The first-order chi connectivity index (χ1) is 8.86. The highest BCUT2D eigenvalue weighted by Crippen LogP contribution is 2.03. The zero-order valence-electron chi connectivity index (χ0n) is 11.6. The highest BCUT2D eigenvalue weighted by atomic mass is 16.2. The summed E-state index contributed by atoms with van der Waals surface area (Å²) in [6, 6.07) is -1.12. The molecule has 1 amide bonds. The molecule has 0 heterocycles. The first-order valence-corrected chi connectivity index (χ1v) is 6.43. The maximum atomic E-state index is 11.7. The normalized spacial score (nSPS) is 13.7. The van der Waals surface area contributed by atoms with Crippen molar-refractivity contribution in [3.63, 3.8) is 0 Å². The largest absolute Gasteiger partial charge is 0.370 e. The molecule has 0 aromatic rings. The third-order valence-corrected chi connectivity index (χ3v) is 2.52. The third kappa shape index (κ3) is 9.01. The molecule has 0 fully saturated rings. The summed E-state index contributed by atoms with van der Waals surface area (Å²) in [6.45, 7) is 4.40. The summed E-state index contributed by atoms with van der Waals surface area (Å²) in [5.74, 6) is 0.0515. The van der Waals surface area contributed by atoms with Gasteiger partial charge in [-0.2, -0.15) is 0 Å². The molecule has 0 aliphatic heterocycles. The first-order valence-electron chi connectivity index (χ1n) is 6.43. The zero-order chi connectivity index (χ0) is 14.8. The molecule has 7 nitrogen and oxygen atoms in total. The number of nitrogens with zero attached hydrogens (tertiary/aromatic N) is 1. The van der Waals surface area contributed by atoms with Crippen LogP contribution < -0.4 is 22.5 Å². The number of nitrogens with one attached hydrogen (secondary N) is 1. The summed E-state index contributed by atoms with van der Waals surface area (Å²) < 4.78 is 0. The van der Waals surface area contributed by atoms with Crippen LogP contribution in [0.5, 0.6) is 0 Å². The van der Waals surface area contributed by atoms with E-state index in [0.29, 0.717) is 38.0 Å². The van der Waals surface area contributed by atoms with Crippen molar-refractivity contribution in [3.05, 3.63) is 0 Å². The average molecular weight is 271 g/mol. The summed E-state index contributed by atoms with van der Waals surface area (Å²) in [6.07, 6.45) is 2.39. The fourth-order valence-corrected chi connectivity index (χ4v) is 1.60. The Balaban J connectivity index is 4.07. The molecule has 0 aromatic carbocycles. The van der Waals surface area contributed by atoms with Gasteiger partial charge in [-0.05, 0) is 25.2 Å². The van der Waals surface area contributed by atoms with E-state index >= 15 is 0 Å². The lowest BCUT2D eigenvalue weighted by Crippen LogP contribution is -2.46. The second kappa shape index (κ2) is 9.32. The minimum absolute atomic E-state index is 0.0191. The topological polar surface area (TPSA) is 137 Å². The molecule has 2 atom stereocenters. The number of aldehydes is 1. The van der Waals surface area contributed by atoms with Gasteiger partial charge in [0.05, 0.1) is 12.1 Å². The van der Waals surface area contributed by atoms with Gasteiger partial charge < -0.3 is 27.3 Å². The number of aliphatic imine (C=N–C) groups is 1. The van der Waals surface area contributed by atoms with Crippen LogP contribution in [0.1, 0.15) is 33.1 Å². The molecule has 110 valence electrons. The molecule has 0 saturated heterocycles. The SMILES string of the molecule is CC(C)CC(N)C(=O)NC(C=O)CCCN=C(N)N. The standard InChI is InChI=1S/C12H25N5O2/c1-8(2)6-10(13)11(19)17-9(7-18)4-3-5-16-12(14)15/h7-10H,3-6,13H2,1-2H3,(H,17,19)(H4,14,15,16). The molecule has 0 saturated carbocycles. The Morgan fingerprint density at radius 3 is 2.47 bits per heavy atom. The van der Waals surface area contributed by atoms with Gasteiger partial charge in [0.15, 0.2) is 5.96 Å². The number of carbonyl (C=O) groups excluding carboxylic acids is 2. The molecule has 0 radical (unpaired) electrons. The second-order valence-electron chi connectivity index (χ2n) is 4.94. The molecule has 7 heteroatoms. The van der Waals surface area contributed by atoms with Gasteiger partial charge >= 0.3 is 0 Å². The number of amides is 1. The summed E-state index contributed by atoms with van der Waals surface area (Å²) >= 11 is 0. The van der Waals surface area contributed by atoms with Crippen molar-refractivity contribution < 1.29 is 9.59 Å². The lowest BCUT2D eigenvalue weighted by atomic mass is 10.0. The van der Waals surface area contributed by atoms with E-state index in [1.807, 2.05) is 13.8 Å². The third-order valence-electron chi connectivity index (χ3n) is 2.52. The van der Waals surface area contributed by atoms with E-state index in [0.717, 1.165) is 0 Å². The lowest BCUT2D eigenvalue weighted by molar-refractivity contribution is -0.125. The van der Waals surface area contributed by atoms with Crippen molar-refractivity contribution in [2.45, 2.75) is 45.2 Å². The zero-order valence-corrected chi connectivity index (χ0v) is 11.6. The molecule has 0 aromatic heterocycles. The van der Waals surface area contributed by atoms with Crippen LogP contribution in [0.15, 0.2) is 4.99 Å². The number of guanidine groups is 1. The number of carbonyl (C=O) groups is 2. The van der Waals surface area contributed by atoms with Gasteiger partial charge in [0.1, 0.15) is 6.29 Å². The van der Waals surface area contributed by atoms with Crippen LogP contribution in [0, 0.1) is 5.92 Å². The van der Waals surface area contributed by atoms with Crippen molar-refractivity contribution in [1.29, 1.82) is 0 Å². The van der Waals surface area contributed by atoms with E-state index in [4.69, 9.17) is 17.2 Å². The summed E-state index contributed by atoms with van der Waals surface area (Å²) in [5, 5.41) is 2.62. The Kier molecular flexibility index (Phi) is 8.52. The molecular weight excluding hydrogens is 246 g/mol. The van der Waals surface area contributed by atoms with E-state index in [1.165, 1.54) is 0 Å². The smallest absolute Gasteiger partial charge is 0.237 e. The van der Waals surface area contributed by atoms with Crippen molar-refractivity contribution in [3.8, 4) is 0 Å². The summed E-state index contributed by atoms with van der Waals surface area (Å²) in [5.41, 5.74) is 16.1. The van der Waals surface area contributed by atoms with Crippen LogP contribution in [0.2, 0.25) is 0 Å².